The first-order valence-electron chi connectivity index (χ1n) is 5.22. The molecule has 0 aliphatic heterocycles. The quantitative estimate of drug-likeness (QED) is 0.841. The zero-order chi connectivity index (χ0) is 12.3. The van der Waals surface area contributed by atoms with Gasteiger partial charge in [-0.1, -0.05) is 0 Å². The largest absolute Gasteiger partial charge is 0.444 e. The molecule has 0 bridgehead atoms. The minimum Gasteiger partial charge on any atom is -0.444 e. The fourth-order valence-corrected chi connectivity index (χ4v) is 1.33. The number of rotatable bonds is 3. The maximum atomic E-state index is 11.4. The Morgan fingerprint density at radius 3 is 2.65 bits per heavy atom. The van der Waals surface area contributed by atoms with Crippen LogP contribution in [0.1, 0.15) is 6.92 Å². The Labute approximate surface area is 98.6 Å². The highest BCUT2D eigenvalue weighted by Crippen LogP contribution is 2.20. The highest BCUT2D eigenvalue weighted by atomic mass is 16.3. The molecule has 17 heavy (non-hydrogen) atoms. The van der Waals surface area contributed by atoms with Crippen LogP contribution in [-0.4, -0.2) is 16.9 Å². The highest BCUT2D eigenvalue weighted by molar-refractivity contribution is 5.94. The fourth-order valence-electron chi connectivity index (χ4n) is 1.33. The van der Waals surface area contributed by atoms with Crippen molar-refractivity contribution in [3.05, 3.63) is 36.9 Å². The van der Waals surface area contributed by atoms with E-state index in [9.17, 15) is 4.79 Å². The van der Waals surface area contributed by atoms with Crippen LogP contribution >= 0.6 is 0 Å². The summed E-state index contributed by atoms with van der Waals surface area (Å²) in [5, 5.41) is 2.70. The Bertz CT molecular complexity index is 489. The van der Waals surface area contributed by atoms with Crippen LogP contribution in [0.15, 0.2) is 41.3 Å². The Hall–Kier alpha value is -2.14. The van der Waals surface area contributed by atoms with Crippen LogP contribution < -0.4 is 11.1 Å². The molecular formula is C12H13N3O2. The third-order valence-corrected chi connectivity index (χ3v) is 2.28. The number of carbonyl (C=O) groups excluding carboxylic acids is 1. The van der Waals surface area contributed by atoms with Crippen LogP contribution in [0.4, 0.5) is 5.69 Å². The van der Waals surface area contributed by atoms with Crippen molar-refractivity contribution < 1.29 is 9.21 Å². The molecule has 1 aromatic carbocycles. The van der Waals surface area contributed by atoms with Crippen molar-refractivity contribution in [1.29, 1.82) is 0 Å². The molecule has 0 radical (unpaired) electrons. The molecule has 0 saturated heterocycles. The van der Waals surface area contributed by atoms with Crippen LogP contribution in [-0.2, 0) is 4.79 Å². The molecule has 5 nitrogen and oxygen atoms in total. The molecule has 5 heteroatoms. The Morgan fingerprint density at radius 2 is 2.12 bits per heavy atom. The van der Waals surface area contributed by atoms with Gasteiger partial charge < -0.3 is 15.5 Å². The van der Waals surface area contributed by atoms with Crippen LogP contribution in [0.5, 0.6) is 0 Å². The summed E-state index contributed by atoms with van der Waals surface area (Å²) < 4.78 is 5.16. The number of carbonyl (C=O) groups is 1. The lowest BCUT2D eigenvalue weighted by molar-refractivity contribution is -0.117. The van der Waals surface area contributed by atoms with Gasteiger partial charge in [0, 0.05) is 11.3 Å². The predicted molar refractivity (Wildman–Crippen MR) is 64.2 cm³/mol. The third-order valence-electron chi connectivity index (χ3n) is 2.28. The third kappa shape index (κ3) is 2.70. The van der Waals surface area contributed by atoms with Gasteiger partial charge in [-0.3, -0.25) is 4.79 Å². The van der Waals surface area contributed by atoms with Gasteiger partial charge >= 0.3 is 0 Å². The van der Waals surface area contributed by atoms with Gasteiger partial charge in [-0.25, -0.2) is 4.98 Å². The van der Waals surface area contributed by atoms with Gasteiger partial charge in [0.05, 0.1) is 12.2 Å². The first kappa shape index (κ1) is 11.3. The lowest BCUT2D eigenvalue weighted by Crippen LogP contribution is -2.32. The first-order valence-corrected chi connectivity index (χ1v) is 5.22. The van der Waals surface area contributed by atoms with E-state index >= 15 is 0 Å². The number of amides is 1. The number of benzene rings is 1. The topological polar surface area (TPSA) is 81.2 Å². The van der Waals surface area contributed by atoms with Crippen LogP contribution in [0, 0.1) is 0 Å². The second-order valence-corrected chi connectivity index (χ2v) is 3.72. The number of nitrogens with two attached hydrogens (primary N) is 1. The lowest BCUT2D eigenvalue weighted by atomic mass is 10.1. The van der Waals surface area contributed by atoms with Gasteiger partial charge in [0.2, 0.25) is 5.91 Å². The average molecular weight is 231 g/mol. The summed E-state index contributed by atoms with van der Waals surface area (Å²) in [5.74, 6) is 0.479. The van der Waals surface area contributed by atoms with E-state index in [1.54, 1.807) is 25.3 Å². The minimum absolute atomic E-state index is 0.211. The molecule has 1 atom stereocenters. The van der Waals surface area contributed by atoms with Crippen molar-refractivity contribution >= 4 is 11.6 Å². The molecule has 0 fully saturated rings. The normalized spacial score (nSPS) is 12.1. The molecular weight excluding hydrogens is 218 g/mol. The van der Waals surface area contributed by atoms with Crippen LogP contribution in [0.25, 0.3) is 11.3 Å². The molecule has 0 aliphatic rings. The Morgan fingerprint density at radius 1 is 1.41 bits per heavy atom. The predicted octanol–water partition coefficient (Wildman–Crippen LogP) is 1.63. The number of hydrogen-bond donors (Lipinski definition) is 2. The molecule has 1 aromatic heterocycles. The molecule has 1 amide bonds. The lowest BCUT2D eigenvalue weighted by Gasteiger charge is -2.07. The first-order chi connectivity index (χ1) is 8.16. The Kier molecular flexibility index (Phi) is 3.20. The molecule has 0 spiro atoms. The monoisotopic (exact) mass is 231 g/mol. The zero-order valence-corrected chi connectivity index (χ0v) is 9.38. The van der Waals surface area contributed by atoms with Gasteiger partial charge in [0.15, 0.2) is 12.2 Å². The summed E-state index contributed by atoms with van der Waals surface area (Å²) >= 11 is 0. The van der Waals surface area contributed by atoms with Crippen molar-refractivity contribution in [3.8, 4) is 11.3 Å². The standard InChI is InChI=1S/C12H13N3O2/c1-8(13)12(16)15-10-4-2-9(3-5-10)11-6-14-7-17-11/h2-8H,13H2,1H3,(H,15,16). The maximum Gasteiger partial charge on any atom is 0.240 e. The van der Waals surface area contributed by atoms with E-state index in [1.165, 1.54) is 6.39 Å². The number of oxazole rings is 1. The summed E-state index contributed by atoms with van der Waals surface area (Å²) in [6, 6.07) is 6.74. The van der Waals surface area contributed by atoms with Crippen molar-refractivity contribution in [2.24, 2.45) is 5.73 Å². The van der Waals surface area contributed by atoms with Gasteiger partial charge in [-0.05, 0) is 31.2 Å². The molecule has 3 N–H and O–H groups in total. The zero-order valence-electron chi connectivity index (χ0n) is 9.38. The van der Waals surface area contributed by atoms with E-state index < -0.39 is 6.04 Å². The van der Waals surface area contributed by atoms with Crippen LogP contribution in [0.2, 0.25) is 0 Å². The second kappa shape index (κ2) is 4.80. The van der Waals surface area contributed by atoms with Gasteiger partial charge in [0.25, 0.3) is 0 Å². The number of anilines is 1. The second-order valence-electron chi connectivity index (χ2n) is 3.72. The molecule has 1 unspecified atom stereocenters. The maximum absolute atomic E-state index is 11.4. The van der Waals surface area contributed by atoms with E-state index in [2.05, 4.69) is 10.3 Å². The molecule has 2 aromatic rings. The molecule has 0 aliphatic carbocycles. The summed E-state index contributed by atoms with van der Waals surface area (Å²) in [6.45, 7) is 1.64. The van der Waals surface area contributed by atoms with Crippen molar-refractivity contribution in [3.63, 3.8) is 0 Å². The minimum atomic E-state index is -0.524. The number of nitrogens with zero attached hydrogens (tertiary/aromatic N) is 1. The van der Waals surface area contributed by atoms with Crippen molar-refractivity contribution in [2.75, 3.05) is 5.32 Å². The van der Waals surface area contributed by atoms with Gasteiger partial charge in [-0.2, -0.15) is 0 Å². The van der Waals surface area contributed by atoms with Gasteiger partial charge in [0.1, 0.15) is 0 Å². The highest BCUT2D eigenvalue weighted by Gasteiger charge is 2.07. The van der Waals surface area contributed by atoms with Crippen molar-refractivity contribution in [2.45, 2.75) is 13.0 Å². The average Bonchev–Trinajstić information content (AvgIpc) is 2.83. The molecule has 88 valence electrons. The fraction of sp³-hybridized carbons (Fsp3) is 0.167. The van der Waals surface area contributed by atoms with Crippen LogP contribution in [0.3, 0.4) is 0 Å². The van der Waals surface area contributed by atoms with E-state index in [0.29, 0.717) is 11.4 Å². The number of nitrogens with one attached hydrogen (secondary N) is 1. The molecule has 1 heterocycles. The van der Waals surface area contributed by atoms with E-state index in [-0.39, 0.29) is 5.91 Å². The number of hydrogen-bond acceptors (Lipinski definition) is 4. The smallest absolute Gasteiger partial charge is 0.240 e. The van der Waals surface area contributed by atoms with Gasteiger partial charge in [-0.15, -0.1) is 0 Å². The number of aromatic nitrogens is 1. The summed E-state index contributed by atoms with van der Waals surface area (Å²) in [5.41, 5.74) is 7.06. The van der Waals surface area contributed by atoms with E-state index in [4.69, 9.17) is 10.2 Å². The Balaban J connectivity index is 2.11. The summed E-state index contributed by atoms with van der Waals surface area (Å²) in [6.07, 6.45) is 3.01. The SMILES string of the molecule is CC(N)C(=O)Nc1ccc(-c2cnco2)cc1. The summed E-state index contributed by atoms with van der Waals surface area (Å²) in [4.78, 5) is 15.2. The molecule has 0 saturated carbocycles. The van der Waals surface area contributed by atoms with E-state index in [0.717, 1.165) is 5.56 Å². The molecule has 2 rings (SSSR count). The summed E-state index contributed by atoms with van der Waals surface area (Å²) in [7, 11) is 0. The van der Waals surface area contributed by atoms with E-state index in [1.807, 2.05) is 12.1 Å². The van der Waals surface area contributed by atoms with Crippen molar-refractivity contribution in [1.82, 2.24) is 4.98 Å².